The van der Waals surface area contributed by atoms with E-state index in [1.165, 1.54) is 5.56 Å². The average molecular weight is 434 g/mol. The lowest BCUT2D eigenvalue weighted by Crippen LogP contribution is -2.56. The number of hydrogen-bond donors (Lipinski definition) is 2. The monoisotopic (exact) mass is 433 g/mol. The van der Waals surface area contributed by atoms with Gasteiger partial charge in [-0.1, -0.05) is 51.4 Å². The van der Waals surface area contributed by atoms with Gasteiger partial charge in [-0.3, -0.25) is 9.59 Å². The highest BCUT2D eigenvalue weighted by atomic mass is 35.5. The Balaban J connectivity index is 1.64. The van der Waals surface area contributed by atoms with Gasteiger partial charge in [0.1, 0.15) is 6.04 Å². The Morgan fingerprint density at radius 3 is 2.50 bits per heavy atom. The van der Waals surface area contributed by atoms with E-state index in [1.54, 1.807) is 0 Å². The van der Waals surface area contributed by atoms with Crippen molar-refractivity contribution < 1.29 is 9.59 Å². The number of nitrogens with one attached hydrogen (secondary N) is 2. The molecule has 3 rings (SSSR count). The maximum absolute atomic E-state index is 13.4. The SMILES string of the molecule is CC(C)[C@@H](NC(=O)C[C@@H]1CCCN1)C(=O)N1CCC(c2ccc(Cl)cc2)C(C)(C)C1. The number of rotatable bonds is 6. The molecule has 0 radical (unpaired) electrons. The summed E-state index contributed by atoms with van der Waals surface area (Å²) in [5.41, 5.74) is 1.22. The van der Waals surface area contributed by atoms with Crippen LogP contribution in [0, 0.1) is 11.3 Å². The van der Waals surface area contributed by atoms with Gasteiger partial charge in [0.15, 0.2) is 0 Å². The predicted octanol–water partition coefficient (Wildman–Crippen LogP) is 3.97. The predicted molar refractivity (Wildman–Crippen MR) is 122 cm³/mol. The number of likely N-dealkylation sites (tertiary alicyclic amines) is 1. The second-order valence-electron chi connectivity index (χ2n) is 9.93. The first kappa shape index (κ1) is 23.1. The van der Waals surface area contributed by atoms with Crippen molar-refractivity contribution in [2.45, 2.75) is 71.4 Å². The largest absolute Gasteiger partial charge is 0.344 e. The summed E-state index contributed by atoms with van der Waals surface area (Å²) < 4.78 is 0. The molecule has 0 bridgehead atoms. The molecular formula is C24H36ClN3O2. The Kier molecular flexibility index (Phi) is 7.46. The van der Waals surface area contributed by atoms with E-state index < -0.39 is 6.04 Å². The minimum absolute atomic E-state index is 0.0308. The first-order valence-corrected chi connectivity index (χ1v) is 11.6. The third kappa shape index (κ3) is 5.55. The maximum Gasteiger partial charge on any atom is 0.245 e. The highest BCUT2D eigenvalue weighted by molar-refractivity contribution is 6.30. The second kappa shape index (κ2) is 9.69. The van der Waals surface area contributed by atoms with Gasteiger partial charge in [0.25, 0.3) is 0 Å². The summed E-state index contributed by atoms with van der Waals surface area (Å²) in [5.74, 6) is 0.437. The average Bonchev–Trinajstić information content (AvgIpc) is 3.18. The van der Waals surface area contributed by atoms with Gasteiger partial charge in [-0.05, 0) is 60.8 Å². The molecule has 3 atom stereocenters. The number of benzene rings is 1. The zero-order valence-corrected chi connectivity index (χ0v) is 19.5. The standard InChI is InChI=1S/C24H36ClN3O2/c1-16(2)22(27-21(29)14-19-6-5-12-26-19)23(30)28-13-11-20(24(3,4)15-28)17-7-9-18(25)10-8-17/h7-10,16,19-20,22,26H,5-6,11-15H2,1-4H3,(H,27,29)/t19-,20?,22+/m0/s1. The fraction of sp³-hybridized carbons (Fsp3) is 0.667. The van der Waals surface area contributed by atoms with Crippen molar-refractivity contribution in [2.75, 3.05) is 19.6 Å². The number of amides is 2. The van der Waals surface area contributed by atoms with Crippen LogP contribution < -0.4 is 10.6 Å². The van der Waals surface area contributed by atoms with Crippen LogP contribution in [0.25, 0.3) is 0 Å². The minimum Gasteiger partial charge on any atom is -0.344 e. The van der Waals surface area contributed by atoms with E-state index in [1.807, 2.05) is 30.9 Å². The molecule has 1 unspecified atom stereocenters. The third-order valence-electron chi connectivity index (χ3n) is 6.66. The highest BCUT2D eigenvalue weighted by Gasteiger charge is 2.40. The molecule has 0 aromatic heterocycles. The van der Waals surface area contributed by atoms with Gasteiger partial charge in [0.05, 0.1) is 0 Å². The molecule has 30 heavy (non-hydrogen) atoms. The van der Waals surface area contributed by atoms with Crippen LogP contribution in [-0.2, 0) is 9.59 Å². The van der Waals surface area contributed by atoms with Gasteiger partial charge in [0, 0.05) is 30.6 Å². The van der Waals surface area contributed by atoms with Crippen LogP contribution in [0.1, 0.15) is 64.9 Å². The molecule has 2 aliphatic rings. The number of halogens is 1. The smallest absolute Gasteiger partial charge is 0.245 e. The molecule has 0 spiro atoms. The quantitative estimate of drug-likeness (QED) is 0.713. The molecule has 2 saturated heterocycles. The van der Waals surface area contributed by atoms with E-state index in [2.05, 4.69) is 36.6 Å². The Labute approximate surface area is 185 Å². The molecule has 2 N–H and O–H groups in total. The molecule has 2 amide bonds. The Morgan fingerprint density at radius 1 is 1.23 bits per heavy atom. The van der Waals surface area contributed by atoms with Crippen LogP contribution in [0.4, 0.5) is 0 Å². The zero-order valence-electron chi connectivity index (χ0n) is 18.7. The first-order chi connectivity index (χ1) is 14.2. The Morgan fingerprint density at radius 2 is 1.93 bits per heavy atom. The van der Waals surface area contributed by atoms with Crippen molar-refractivity contribution >= 4 is 23.4 Å². The molecular weight excluding hydrogens is 398 g/mol. The van der Waals surface area contributed by atoms with Crippen molar-refractivity contribution in [3.8, 4) is 0 Å². The summed E-state index contributed by atoms with van der Waals surface area (Å²) in [4.78, 5) is 27.9. The van der Waals surface area contributed by atoms with Crippen molar-refractivity contribution in [1.82, 2.24) is 15.5 Å². The maximum atomic E-state index is 13.4. The molecule has 2 aliphatic heterocycles. The van der Waals surface area contributed by atoms with Gasteiger partial charge >= 0.3 is 0 Å². The minimum atomic E-state index is -0.471. The summed E-state index contributed by atoms with van der Waals surface area (Å²) in [6.07, 6.45) is 3.49. The molecule has 1 aromatic rings. The van der Waals surface area contributed by atoms with Crippen molar-refractivity contribution in [3.63, 3.8) is 0 Å². The van der Waals surface area contributed by atoms with Gasteiger partial charge in [-0.2, -0.15) is 0 Å². The Bertz CT molecular complexity index is 741. The summed E-state index contributed by atoms with van der Waals surface area (Å²) >= 11 is 6.05. The van der Waals surface area contributed by atoms with E-state index in [4.69, 9.17) is 11.6 Å². The molecule has 0 saturated carbocycles. The van der Waals surface area contributed by atoms with E-state index in [9.17, 15) is 9.59 Å². The van der Waals surface area contributed by atoms with E-state index in [-0.39, 0.29) is 29.2 Å². The number of nitrogens with zero attached hydrogens (tertiary/aromatic N) is 1. The molecule has 1 aromatic carbocycles. The molecule has 2 heterocycles. The van der Waals surface area contributed by atoms with Gasteiger partial charge < -0.3 is 15.5 Å². The van der Waals surface area contributed by atoms with Gasteiger partial charge in [0.2, 0.25) is 11.8 Å². The molecule has 6 heteroatoms. The summed E-state index contributed by atoms with van der Waals surface area (Å²) in [6, 6.07) is 7.84. The van der Waals surface area contributed by atoms with Crippen molar-refractivity contribution in [2.24, 2.45) is 11.3 Å². The van der Waals surface area contributed by atoms with Crippen LogP contribution in [0.15, 0.2) is 24.3 Å². The number of carbonyl (C=O) groups is 2. The van der Waals surface area contributed by atoms with Gasteiger partial charge in [-0.15, -0.1) is 0 Å². The van der Waals surface area contributed by atoms with Crippen molar-refractivity contribution in [3.05, 3.63) is 34.9 Å². The van der Waals surface area contributed by atoms with E-state index >= 15 is 0 Å². The molecule has 2 fully saturated rings. The fourth-order valence-electron chi connectivity index (χ4n) is 4.96. The lowest BCUT2D eigenvalue weighted by Gasteiger charge is -2.45. The highest BCUT2D eigenvalue weighted by Crippen LogP contribution is 2.42. The topological polar surface area (TPSA) is 61.4 Å². The van der Waals surface area contributed by atoms with Crippen molar-refractivity contribution in [1.29, 1.82) is 0 Å². The third-order valence-corrected chi connectivity index (χ3v) is 6.91. The lowest BCUT2D eigenvalue weighted by molar-refractivity contribution is -0.140. The lowest BCUT2D eigenvalue weighted by atomic mass is 9.70. The van der Waals surface area contributed by atoms with Crippen LogP contribution in [0.5, 0.6) is 0 Å². The number of hydrogen-bond acceptors (Lipinski definition) is 3. The molecule has 166 valence electrons. The summed E-state index contributed by atoms with van der Waals surface area (Å²) in [7, 11) is 0. The Hall–Kier alpha value is -1.59. The van der Waals surface area contributed by atoms with Crippen LogP contribution in [0.3, 0.4) is 0 Å². The molecule has 0 aliphatic carbocycles. The molecule has 5 nitrogen and oxygen atoms in total. The van der Waals surface area contributed by atoms with Gasteiger partial charge in [-0.25, -0.2) is 0 Å². The zero-order chi connectivity index (χ0) is 21.9. The first-order valence-electron chi connectivity index (χ1n) is 11.2. The second-order valence-corrected chi connectivity index (χ2v) is 10.4. The fourth-order valence-corrected chi connectivity index (χ4v) is 5.08. The van der Waals surface area contributed by atoms with E-state index in [0.717, 1.165) is 30.8 Å². The summed E-state index contributed by atoms with van der Waals surface area (Å²) in [6.45, 7) is 10.8. The van der Waals surface area contributed by atoms with E-state index in [0.29, 0.717) is 25.4 Å². The number of piperidine rings is 1. The van der Waals surface area contributed by atoms with Crippen LogP contribution in [-0.4, -0.2) is 48.4 Å². The van der Waals surface area contributed by atoms with Crippen LogP contribution in [0.2, 0.25) is 5.02 Å². The normalized spacial score (nSPS) is 24.7. The number of carbonyl (C=O) groups excluding carboxylic acids is 2. The van der Waals surface area contributed by atoms with Crippen LogP contribution >= 0.6 is 11.6 Å². The summed E-state index contributed by atoms with van der Waals surface area (Å²) in [5, 5.41) is 7.13.